The van der Waals surface area contributed by atoms with Crippen molar-refractivity contribution in [1.29, 1.82) is 0 Å². The molecule has 15 heavy (non-hydrogen) atoms. The van der Waals surface area contributed by atoms with Crippen molar-refractivity contribution >= 4 is 11.7 Å². The molecule has 1 unspecified atom stereocenters. The molecule has 1 aromatic rings. The number of nitrogens with two attached hydrogens (primary N) is 1. The fourth-order valence-electron chi connectivity index (χ4n) is 1.06. The van der Waals surface area contributed by atoms with Crippen molar-refractivity contribution in [3.63, 3.8) is 0 Å². The van der Waals surface area contributed by atoms with E-state index in [0.29, 0.717) is 6.07 Å². The predicted octanol–water partition coefficient (Wildman–Crippen LogP) is 0.789. The van der Waals surface area contributed by atoms with Crippen LogP contribution in [-0.2, 0) is 4.79 Å². The Bertz CT molecular complexity index is 351. The normalized spacial score (nSPS) is 12.2. The summed E-state index contributed by atoms with van der Waals surface area (Å²) in [4.78, 5) is 10.6. The maximum Gasteiger partial charge on any atom is 0.327 e. The molecule has 4 N–H and O–H groups in total. The lowest BCUT2D eigenvalue weighted by atomic mass is 10.2. The zero-order chi connectivity index (χ0) is 11.4. The highest BCUT2D eigenvalue weighted by atomic mass is 19.1. The molecule has 0 fully saturated rings. The molecular weight excluding hydrogens is 206 g/mol. The van der Waals surface area contributed by atoms with Gasteiger partial charge in [0.15, 0.2) is 0 Å². The zero-order valence-corrected chi connectivity index (χ0v) is 7.71. The second-order valence-corrected chi connectivity index (χ2v) is 2.93. The summed E-state index contributed by atoms with van der Waals surface area (Å²) in [5.74, 6) is -2.74. The number of aliphatic carboxylic acids is 1. The topological polar surface area (TPSA) is 75.3 Å². The van der Waals surface area contributed by atoms with E-state index in [9.17, 15) is 13.6 Å². The first-order valence-corrected chi connectivity index (χ1v) is 4.18. The molecule has 0 spiro atoms. The quantitative estimate of drug-likeness (QED) is 0.695. The number of anilines is 1. The summed E-state index contributed by atoms with van der Waals surface area (Å²) in [6, 6.07) is 1.62. The van der Waals surface area contributed by atoms with Crippen LogP contribution in [0.15, 0.2) is 18.2 Å². The van der Waals surface area contributed by atoms with Gasteiger partial charge in [0.2, 0.25) is 0 Å². The van der Waals surface area contributed by atoms with E-state index in [1.807, 2.05) is 0 Å². The van der Waals surface area contributed by atoms with E-state index in [2.05, 4.69) is 5.32 Å². The molecule has 4 nitrogen and oxygen atoms in total. The van der Waals surface area contributed by atoms with Crippen LogP contribution in [0.5, 0.6) is 0 Å². The van der Waals surface area contributed by atoms with Crippen molar-refractivity contribution in [3.8, 4) is 0 Å². The van der Waals surface area contributed by atoms with Gasteiger partial charge in [0.05, 0.1) is 0 Å². The smallest absolute Gasteiger partial charge is 0.327 e. The lowest BCUT2D eigenvalue weighted by Gasteiger charge is -2.13. The minimum absolute atomic E-state index is 0.0466. The second kappa shape index (κ2) is 4.70. The van der Waals surface area contributed by atoms with Gasteiger partial charge in [-0.15, -0.1) is 0 Å². The molecule has 82 valence electrons. The minimum Gasteiger partial charge on any atom is -0.480 e. The highest BCUT2D eigenvalue weighted by molar-refractivity contribution is 5.77. The van der Waals surface area contributed by atoms with Gasteiger partial charge < -0.3 is 16.2 Å². The maximum absolute atomic E-state index is 12.7. The number of benzene rings is 1. The number of carboxylic acid groups (broad SMARTS) is 1. The van der Waals surface area contributed by atoms with E-state index >= 15 is 0 Å². The lowest BCUT2D eigenvalue weighted by Crippen LogP contribution is -2.36. The molecule has 6 heteroatoms. The van der Waals surface area contributed by atoms with Crippen molar-refractivity contribution < 1.29 is 18.7 Å². The lowest BCUT2D eigenvalue weighted by molar-refractivity contribution is -0.137. The Hall–Kier alpha value is -1.69. The van der Waals surface area contributed by atoms with Crippen LogP contribution in [0.25, 0.3) is 0 Å². The van der Waals surface area contributed by atoms with E-state index in [-0.39, 0.29) is 12.2 Å². The largest absolute Gasteiger partial charge is 0.480 e. The van der Waals surface area contributed by atoms with Gasteiger partial charge in [-0.05, 0) is 12.1 Å². The molecule has 0 aliphatic carbocycles. The Morgan fingerprint density at radius 1 is 1.40 bits per heavy atom. The van der Waals surface area contributed by atoms with Gasteiger partial charge in [-0.2, -0.15) is 0 Å². The first kappa shape index (κ1) is 11.4. The van der Waals surface area contributed by atoms with Gasteiger partial charge in [-0.25, -0.2) is 13.6 Å². The summed E-state index contributed by atoms with van der Waals surface area (Å²) >= 11 is 0. The molecule has 0 aliphatic rings. The zero-order valence-electron chi connectivity index (χ0n) is 7.71. The molecule has 0 aromatic heterocycles. The standard InChI is InChI=1S/C9H10F2N2O2/c10-5-1-6(11)3-7(2-5)13-8(4-12)9(14)15/h1-3,8,13H,4,12H2,(H,14,15). The molecular formula is C9H10F2N2O2. The fourth-order valence-corrected chi connectivity index (χ4v) is 1.06. The minimum atomic E-state index is -1.18. The molecule has 1 rings (SSSR count). The summed E-state index contributed by atoms with van der Waals surface area (Å²) in [5, 5.41) is 11.0. The summed E-state index contributed by atoms with van der Waals surface area (Å²) in [6.07, 6.45) is 0. The van der Waals surface area contributed by atoms with E-state index in [0.717, 1.165) is 12.1 Å². The van der Waals surface area contributed by atoms with Gasteiger partial charge in [-0.1, -0.05) is 0 Å². The number of carboxylic acids is 1. The molecule has 0 radical (unpaired) electrons. The van der Waals surface area contributed by atoms with Crippen molar-refractivity contribution in [2.75, 3.05) is 11.9 Å². The maximum atomic E-state index is 12.7. The van der Waals surface area contributed by atoms with Gasteiger partial charge in [0.1, 0.15) is 17.7 Å². The number of rotatable bonds is 4. The van der Waals surface area contributed by atoms with Crippen LogP contribution in [0.4, 0.5) is 14.5 Å². The van der Waals surface area contributed by atoms with Crippen molar-refractivity contribution in [3.05, 3.63) is 29.8 Å². The van der Waals surface area contributed by atoms with Gasteiger partial charge in [0, 0.05) is 18.3 Å². The first-order chi connectivity index (χ1) is 7.02. The average molecular weight is 216 g/mol. The fraction of sp³-hybridized carbons (Fsp3) is 0.222. The number of nitrogens with one attached hydrogen (secondary N) is 1. The van der Waals surface area contributed by atoms with Crippen LogP contribution in [0.1, 0.15) is 0 Å². The van der Waals surface area contributed by atoms with Crippen LogP contribution < -0.4 is 11.1 Å². The van der Waals surface area contributed by atoms with Crippen LogP contribution in [0, 0.1) is 11.6 Å². The Kier molecular flexibility index (Phi) is 3.56. The highest BCUT2D eigenvalue weighted by Gasteiger charge is 2.15. The van der Waals surface area contributed by atoms with Crippen molar-refractivity contribution in [2.45, 2.75) is 6.04 Å². The Labute approximate surface area is 84.7 Å². The predicted molar refractivity (Wildman–Crippen MR) is 50.5 cm³/mol. The summed E-state index contributed by atoms with van der Waals surface area (Å²) < 4.78 is 25.4. The molecule has 0 amide bonds. The molecule has 0 aliphatic heterocycles. The van der Waals surface area contributed by atoms with Crippen molar-refractivity contribution in [2.24, 2.45) is 5.73 Å². The third-order valence-electron chi connectivity index (χ3n) is 1.74. The SMILES string of the molecule is NCC(Nc1cc(F)cc(F)c1)C(=O)O. The Morgan fingerprint density at radius 2 is 1.93 bits per heavy atom. The summed E-state index contributed by atoms with van der Waals surface area (Å²) in [6.45, 7) is -0.173. The molecule has 0 saturated heterocycles. The van der Waals surface area contributed by atoms with Gasteiger partial charge in [-0.3, -0.25) is 0 Å². The van der Waals surface area contributed by atoms with E-state index < -0.39 is 23.6 Å². The summed E-state index contributed by atoms with van der Waals surface area (Å²) in [5.41, 5.74) is 5.21. The second-order valence-electron chi connectivity index (χ2n) is 2.93. The van der Waals surface area contributed by atoms with Gasteiger partial charge >= 0.3 is 5.97 Å². The van der Waals surface area contributed by atoms with Crippen molar-refractivity contribution in [1.82, 2.24) is 0 Å². The van der Waals surface area contributed by atoms with E-state index in [1.54, 1.807) is 0 Å². The number of hydrogen-bond acceptors (Lipinski definition) is 3. The van der Waals surface area contributed by atoms with Gasteiger partial charge in [0.25, 0.3) is 0 Å². The summed E-state index contributed by atoms with van der Waals surface area (Å²) in [7, 11) is 0. The molecule has 0 heterocycles. The third kappa shape index (κ3) is 3.17. The van der Waals surface area contributed by atoms with Crippen LogP contribution >= 0.6 is 0 Å². The molecule has 1 atom stereocenters. The number of carbonyl (C=O) groups is 1. The molecule has 1 aromatic carbocycles. The number of hydrogen-bond donors (Lipinski definition) is 3. The monoisotopic (exact) mass is 216 g/mol. The highest BCUT2D eigenvalue weighted by Crippen LogP contribution is 2.13. The first-order valence-electron chi connectivity index (χ1n) is 4.18. The van der Waals surface area contributed by atoms with E-state index in [4.69, 9.17) is 10.8 Å². The Balaban J connectivity index is 2.83. The third-order valence-corrected chi connectivity index (χ3v) is 1.74. The van der Waals surface area contributed by atoms with E-state index in [1.165, 1.54) is 0 Å². The van der Waals surface area contributed by atoms with Crippen LogP contribution in [0.2, 0.25) is 0 Å². The molecule has 0 saturated carbocycles. The van der Waals surface area contributed by atoms with Crippen LogP contribution in [-0.4, -0.2) is 23.7 Å². The molecule has 0 bridgehead atoms. The Morgan fingerprint density at radius 3 is 2.33 bits per heavy atom. The number of halogens is 2. The average Bonchev–Trinajstić information content (AvgIpc) is 2.12. The van der Waals surface area contributed by atoms with Crippen LogP contribution in [0.3, 0.4) is 0 Å².